The van der Waals surface area contributed by atoms with E-state index in [2.05, 4.69) is 31.9 Å². The molecule has 4 heteroatoms. The number of fused-ring (bicyclic) bond motifs is 1. The van der Waals surface area contributed by atoms with Crippen LogP contribution >= 0.6 is 0 Å². The maximum Gasteiger partial charge on any atom is 0.169 e. The van der Waals surface area contributed by atoms with Gasteiger partial charge >= 0.3 is 0 Å². The average molecular weight is 313 g/mol. The zero-order valence-electron chi connectivity index (χ0n) is 14.1. The first-order valence-electron chi connectivity index (χ1n) is 8.17. The SMILES string of the molecule is COC1=CC=C2[C@@H](C)N(C)CC[C@@]23c2c(C)ccc(O)c2OC13. The third-order valence-electron chi connectivity index (χ3n) is 5.88. The van der Waals surface area contributed by atoms with Gasteiger partial charge in [0.25, 0.3) is 0 Å². The first-order valence-corrected chi connectivity index (χ1v) is 8.17. The van der Waals surface area contributed by atoms with Crippen LogP contribution in [0.2, 0.25) is 0 Å². The van der Waals surface area contributed by atoms with Crippen LogP contribution in [-0.2, 0) is 10.2 Å². The fourth-order valence-electron chi connectivity index (χ4n) is 4.57. The number of methoxy groups -OCH3 is 1. The molecule has 1 aromatic rings. The lowest BCUT2D eigenvalue weighted by molar-refractivity contribution is 0.0807. The Morgan fingerprint density at radius 1 is 1.35 bits per heavy atom. The molecule has 23 heavy (non-hydrogen) atoms. The van der Waals surface area contributed by atoms with Crippen molar-refractivity contribution in [3.63, 3.8) is 0 Å². The van der Waals surface area contributed by atoms with Gasteiger partial charge in [-0.2, -0.15) is 0 Å². The van der Waals surface area contributed by atoms with Gasteiger partial charge < -0.3 is 14.6 Å². The summed E-state index contributed by atoms with van der Waals surface area (Å²) in [4.78, 5) is 2.37. The second-order valence-electron chi connectivity index (χ2n) is 6.88. The molecule has 3 aliphatic rings. The Morgan fingerprint density at radius 2 is 2.13 bits per heavy atom. The van der Waals surface area contributed by atoms with Gasteiger partial charge in [0.05, 0.1) is 12.5 Å². The summed E-state index contributed by atoms with van der Waals surface area (Å²) < 4.78 is 11.9. The second kappa shape index (κ2) is 4.78. The van der Waals surface area contributed by atoms with Crippen LogP contribution in [0.25, 0.3) is 0 Å². The Hall–Kier alpha value is -1.94. The molecule has 0 aromatic heterocycles. The van der Waals surface area contributed by atoms with Crippen LogP contribution in [0.15, 0.2) is 35.6 Å². The van der Waals surface area contributed by atoms with Crippen LogP contribution in [0.3, 0.4) is 0 Å². The van der Waals surface area contributed by atoms with Gasteiger partial charge in [-0.15, -0.1) is 0 Å². The van der Waals surface area contributed by atoms with Crippen molar-refractivity contribution in [1.82, 2.24) is 4.90 Å². The van der Waals surface area contributed by atoms with E-state index >= 15 is 0 Å². The summed E-state index contributed by atoms with van der Waals surface area (Å²) in [6.07, 6.45) is 4.98. The number of phenolic OH excluding ortho intramolecular Hbond substituents is 1. The van der Waals surface area contributed by atoms with Gasteiger partial charge in [-0.05, 0) is 57.1 Å². The number of phenols is 1. The number of rotatable bonds is 1. The highest BCUT2D eigenvalue weighted by Crippen LogP contribution is 2.59. The van der Waals surface area contributed by atoms with Crippen molar-refractivity contribution in [3.8, 4) is 11.5 Å². The van der Waals surface area contributed by atoms with Gasteiger partial charge in [0, 0.05) is 11.6 Å². The van der Waals surface area contributed by atoms with Crippen LogP contribution in [0.5, 0.6) is 11.5 Å². The molecule has 4 rings (SSSR count). The van der Waals surface area contributed by atoms with Crippen LogP contribution in [0.4, 0.5) is 0 Å². The van der Waals surface area contributed by atoms with Crippen molar-refractivity contribution < 1.29 is 14.6 Å². The van der Waals surface area contributed by atoms with E-state index in [1.165, 1.54) is 11.1 Å². The lowest BCUT2D eigenvalue weighted by Gasteiger charge is -2.48. The van der Waals surface area contributed by atoms with Crippen LogP contribution in [0, 0.1) is 6.92 Å². The Balaban J connectivity index is 2.01. The number of likely N-dealkylation sites (N-methyl/N-ethyl adjacent to an activating group) is 1. The summed E-state index contributed by atoms with van der Waals surface area (Å²) in [5.41, 5.74) is 3.42. The molecule has 0 amide bonds. The number of allylic oxidation sites excluding steroid dienone is 2. The predicted octanol–water partition coefficient (Wildman–Crippen LogP) is 2.89. The van der Waals surface area contributed by atoms with Crippen molar-refractivity contribution in [2.75, 3.05) is 20.7 Å². The second-order valence-corrected chi connectivity index (χ2v) is 6.88. The molecule has 3 atom stereocenters. The van der Waals surface area contributed by atoms with Crippen molar-refractivity contribution in [2.24, 2.45) is 0 Å². The van der Waals surface area contributed by atoms with Gasteiger partial charge in [-0.3, -0.25) is 4.90 Å². The highest BCUT2D eigenvalue weighted by atomic mass is 16.5. The quantitative estimate of drug-likeness (QED) is 0.865. The highest BCUT2D eigenvalue weighted by Gasteiger charge is 2.58. The van der Waals surface area contributed by atoms with E-state index in [1.54, 1.807) is 13.2 Å². The fourth-order valence-corrected chi connectivity index (χ4v) is 4.57. The lowest BCUT2D eigenvalue weighted by Crippen LogP contribution is -2.54. The highest BCUT2D eigenvalue weighted by molar-refractivity contribution is 5.64. The summed E-state index contributed by atoms with van der Waals surface area (Å²) in [7, 11) is 3.85. The summed E-state index contributed by atoms with van der Waals surface area (Å²) in [5, 5.41) is 10.4. The van der Waals surface area contributed by atoms with Gasteiger partial charge in [0.2, 0.25) is 0 Å². The van der Waals surface area contributed by atoms with E-state index in [0.29, 0.717) is 11.8 Å². The molecule has 1 N–H and O–H groups in total. The number of hydrogen-bond acceptors (Lipinski definition) is 4. The largest absolute Gasteiger partial charge is 0.504 e. The number of piperidine rings is 1. The molecule has 2 aliphatic heterocycles. The van der Waals surface area contributed by atoms with E-state index in [4.69, 9.17) is 9.47 Å². The Labute approximate surface area is 137 Å². The van der Waals surface area contributed by atoms with Crippen molar-refractivity contribution in [1.29, 1.82) is 0 Å². The predicted molar refractivity (Wildman–Crippen MR) is 88.8 cm³/mol. The number of nitrogens with zero attached hydrogens (tertiary/aromatic N) is 1. The monoisotopic (exact) mass is 313 g/mol. The number of hydrogen-bond donors (Lipinski definition) is 1. The Morgan fingerprint density at radius 3 is 2.87 bits per heavy atom. The normalized spacial score (nSPS) is 32.2. The number of benzene rings is 1. The van der Waals surface area contributed by atoms with Gasteiger partial charge in [-0.1, -0.05) is 12.1 Å². The van der Waals surface area contributed by atoms with Crippen molar-refractivity contribution in [2.45, 2.75) is 37.8 Å². The molecular weight excluding hydrogens is 290 g/mol. The molecule has 0 radical (unpaired) electrons. The summed E-state index contributed by atoms with van der Waals surface area (Å²) in [6, 6.07) is 4.04. The maximum atomic E-state index is 10.4. The molecule has 1 aromatic carbocycles. The molecule has 122 valence electrons. The summed E-state index contributed by atoms with van der Waals surface area (Å²) >= 11 is 0. The topological polar surface area (TPSA) is 41.9 Å². The average Bonchev–Trinajstić information content (AvgIpc) is 2.90. The third kappa shape index (κ3) is 1.70. The van der Waals surface area contributed by atoms with E-state index in [-0.39, 0.29) is 17.3 Å². The van der Waals surface area contributed by atoms with Crippen LogP contribution < -0.4 is 4.74 Å². The molecule has 0 saturated carbocycles. The molecule has 1 unspecified atom stereocenters. The van der Waals surface area contributed by atoms with Crippen LogP contribution in [0.1, 0.15) is 24.5 Å². The minimum atomic E-state index is -0.232. The molecule has 4 nitrogen and oxygen atoms in total. The summed E-state index contributed by atoms with van der Waals surface area (Å²) in [6.45, 7) is 5.33. The Bertz CT molecular complexity index is 736. The van der Waals surface area contributed by atoms with Gasteiger partial charge in [0.15, 0.2) is 17.6 Å². The zero-order valence-corrected chi connectivity index (χ0v) is 14.1. The first-order chi connectivity index (χ1) is 11.0. The molecule has 1 aliphatic carbocycles. The summed E-state index contributed by atoms with van der Waals surface area (Å²) in [5.74, 6) is 1.68. The van der Waals surface area contributed by atoms with Gasteiger partial charge in [-0.25, -0.2) is 0 Å². The molecule has 2 heterocycles. The van der Waals surface area contributed by atoms with E-state index in [1.807, 2.05) is 12.1 Å². The number of likely N-dealkylation sites (tertiary alicyclic amines) is 1. The number of ether oxygens (including phenoxy) is 2. The minimum absolute atomic E-state index is 0.189. The molecular formula is C19H23NO3. The molecule has 0 bridgehead atoms. The lowest BCUT2D eigenvalue weighted by atomic mass is 9.61. The standard InChI is InChI=1S/C19H23NO3/c1-11-5-7-14(21)17-16(11)19-9-10-20(3)12(2)13(19)6-8-15(22-4)18(19)23-17/h5-8,12,18,21H,9-10H2,1-4H3/t12-,18?,19+/m1/s1. The van der Waals surface area contributed by atoms with E-state index < -0.39 is 0 Å². The van der Waals surface area contributed by atoms with Gasteiger partial charge in [0.1, 0.15) is 5.76 Å². The van der Waals surface area contributed by atoms with E-state index in [9.17, 15) is 5.11 Å². The number of aryl methyl sites for hydroxylation is 1. The fraction of sp³-hybridized carbons (Fsp3) is 0.474. The Kier molecular flexibility index (Phi) is 3.04. The molecule has 1 fully saturated rings. The third-order valence-corrected chi connectivity index (χ3v) is 5.88. The van der Waals surface area contributed by atoms with Crippen molar-refractivity contribution >= 4 is 0 Å². The van der Waals surface area contributed by atoms with E-state index in [0.717, 1.165) is 24.3 Å². The zero-order chi connectivity index (χ0) is 16.4. The molecule has 1 spiro atoms. The maximum absolute atomic E-state index is 10.4. The minimum Gasteiger partial charge on any atom is -0.504 e. The first kappa shape index (κ1) is 14.6. The molecule has 1 saturated heterocycles. The number of aromatic hydroxyl groups is 1. The van der Waals surface area contributed by atoms with Crippen LogP contribution in [-0.4, -0.2) is 42.9 Å². The van der Waals surface area contributed by atoms with Crippen molar-refractivity contribution in [3.05, 3.63) is 46.7 Å². The smallest absolute Gasteiger partial charge is 0.169 e.